The van der Waals surface area contributed by atoms with Crippen LogP contribution in [0.5, 0.6) is 0 Å². The molecule has 1 heterocycles. The van der Waals surface area contributed by atoms with E-state index in [0.29, 0.717) is 12.7 Å². The lowest BCUT2D eigenvalue weighted by atomic mass is 10.2. The van der Waals surface area contributed by atoms with Crippen LogP contribution in [0.25, 0.3) is 0 Å². The third kappa shape index (κ3) is 3.70. The number of carbonyl (C=O) groups is 2. The third-order valence-electron chi connectivity index (χ3n) is 4.15. The van der Waals surface area contributed by atoms with Gasteiger partial charge in [-0.25, -0.2) is 8.78 Å². The molecule has 130 valence electrons. The Labute approximate surface area is 137 Å². The molecule has 1 aromatic carbocycles. The molecule has 2 N–H and O–H groups in total. The Morgan fingerprint density at radius 2 is 1.96 bits per heavy atom. The van der Waals surface area contributed by atoms with Crippen LogP contribution in [0.4, 0.5) is 14.5 Å². The highest BCUT2D eigenvalue weighted by atomic mass is 19.1. The van der Waals surface area contributed by atoms with E-state index in [1.165, 1.54) is 0 Å². The lowest BCUT2D eigenvalue weighted by molar-refractivity contribution is -0.161. The lowest BCUT2D eigenvalue weighted by Crippen LogP contribution is -2.40. The van der Waals surface area contributed by atoms with Crippen molar-refractivity contribution in [3.8, 4) is 0 Å². The molecule has 2 amide bonds. The van der Waals surface area contributed by atoms with Crippen LogP contribution in [0, 0.1) is 11.6 Å². The van der Waals surface area contributed by atoms with E-state index in [2.05, 4.69) is 10.6 Å². The lowest BCUT2D eigenvalue weighted by Gasteiger charge is -2.21. The molecule has 1 aliphatic heterocycles. The number of amides is 2. The highest BCUT2D eigenvalue weighted by Crippen LogP contribution is 2.38. The van der Waals surface area contributed by atoms with Gasteiger partial charge in [-0.2, -0.15) is 0 Å². The summed E-state index contributed by atoms with van der Waals surface area (Å²) in [4.78, 5) is 23.5. The highest BCUT2D eigenvalue weighted by Gasteiger charge is 2.43. The van der Waals surface area contributed by atoms with Crippen molar-refractivity contribution in [1.82, 2.24) is 5.32 Å². The number of hydrogen-bond acceptors (Lipinski definition) is 4. The maximum absolute atomic E-state index is 13.5. The summed E-state index contributed by atoms with van der Waals surface area (Å²) in [7, 11) is 0. The van der Waals surface area contributed by atoms with Crippen molar-refractivity contribution in [1.29, 1.82) is 0 Å². The van der Waals surface area contributed by atoms with Crippen LogP contribution in [0.2, 0.25) is 0 Å². The van der Waals surface area contributed by atoms with E-state index < -0.39 is 29.2 Å². The Kier molecular flexibility index (Phi) is 4.77. The summed E-state index contributed by atoms with van der Waals surface area (Å²) in [6.07, 6.45) is 3.45. The van der Waals surface area contributed by atoms with Gasteiger partial charge in [-0.1, -0.05) is 0 Å². The van der Waals surface area contributed by atoms with Gasteiger partial charge in [0, 0.05) is 25.5 Å². The predicted molar refractivity (Wildman–Crippen MR) is 80.0 cm³/mol. The molecule has 1 aliphatic carbocycles. The molecule has 1 saturated carbocycles. The first-order chi connectivity index (χ1) is 11.5. The average molecular weight is 340 g/mol. The fourth-order valence-electron chi connectivity index (χ4n) is 2.95. The van der Waals surface area contributed by atoms with Crippen molar-refractivity contribution in [2.24, 2.45) is 0 Å². The zero-order valence-corrected chi connectivity index (χ0v) is 12.9. The van der Waals surface area contributed by atoms with Crippen LogP contribution in [-0.4, -0.2) is 36.9 Å². The number of anilines is 1. The molecule has 2 fully saturated rings. The van der Waals surface area contributed by atoms with Gasteiger partial charge in [0.1, 0.15) is 17.7 Å². The second-order valence-corrected chi connectivity index (χ2v) is 5.96. The van der Waals surface area contributed by atoms with E-state index >= 15 is 0 Å². The number of rotatable bonds is 3. The fraction of sp³-hybridized carbons (Fsp3) is 0.500. The van der Waals surface area contributed by atoms with Gasteiger partial charge in [0.05, 0.1) is 12.3 Å². The van der Waals surface area contributed by atoms with Crippen molar-refractivity contribution >= 4 is 17.5 Å². The van der Waals surface area contributed by atoms with Crippen LogP contribution in [0.3, 0.4) is 0 Å². The van der Waals surface area contributed by atoms with Crippen molar-refractivity contribution in [2.45, 2.75) is 37.6 Å². The molecule has 2 aliphatic rings. The van der Waals surface area contributed by atoms with Gasteiger partial charge in [-0.05, 0) is 25.0 Å². The predicted octanol–water partition coefficient (Wildman–Crippen LogP) is 1.71. The van der Waals surface area contributed by atoms with E-state index in [9.17, 15) is 18.4 Å². The highest BCUT2D eigenvalue weighted by molar-refractivity contribution is 6.39. The van der Waals surface area contributed by atoms with Gasteiger partial charge in [0.15, 0.2) is 5.79 Å². The summed E-state index contributed by atoms with van der Waals surface area (Å²) in [6, 6.07) is 2.66. The van der Waals surface area contributed by atoms with E-state index in [0.717, 1.165) is 37.8 Å². The Balaban J connectivity index is 1.47. The Bertz CT molecular complexity index is 647. The molecule has 0 unspecified atom stereocenters. The van der Waals surface area contributed by atoms with Crippen LogP contribution in [-0.2, 0) is 19.1 Å². The number of ether oxygens (including phenoxy) is 2. The van der Waals surface area contributed by atoms with Gasteiger partial charge >= 0.3 is 11.8 Å². The van der Waals surface area contributed by atoms with Crippen molar-refractivity contribution in [3.05, 3.63) is 29.8 Å². The standard InChI is InChI=1S/C16H18F2N2O4/c17-10-3-4-13(12(18)7-10)20-15(22)14(21)19-8-11-9-23-16(24-11)5-1-2-6-16/h3-4,7,11H,1-2,5-6,8-9H2,(H,19,21)(H,20,22)/t11-/m0/s1. The zero-order valence-electron chi connectivity index (χ0n) is 12.9. The van der Waals surface area contributed by atoms with Gasteiger partial charge in [-0.3, -0.25) is 9.59 Å². The zero-order chi connectivity index (χ0) is 17.2. The SMILES string of the molecule is O=C(NC[C@H]1COC2(CCCC2)O1)C(=O)Nc1ccc(F)cc1F. The maximum Gasteiger partial charge on any atom is 0.313 e. The van der Waals surface area contributed by atoms with Crippen LogP contribution in [0.15, 0.2) is 18.2 Å². The Morgan fingerprint density at radius 1 is 1.21 bits per heavy atom. The monoisotopic (exact) mass is 340 g/mol. The molecule has 0 radical (unpaired) electrons. The Morgan fingerprint density at radius 3 is 2.67 bits per heavy atom. The van der Waals surface area contributed by atoms with Gasteiger partial charge < -0.3 is 20.1 Å². The van der Waals surface area contributed by atoms with Crippen LogP contribution in [0.1, 0.15) is 25.7 Å². The molecule has 1 spiro atoms. The molecular weight excluding hydrogens is 322 g/mol. The summed E-state index contributed by atoms with van der Waals surface area (Å²) >= 11 is 0. The van der Waals surface area contributed by atoms with Gasteiger partial charge in [0.25, 0.3) is 0 Å². The minimum atomic E-state index is -1.03. The molecule has 3 rings (SSSR count). The number of nitrogens with one attached hydrogen (secondary N) is 2. The van der Waals surface area contributed by atoms with Crippen molar-refractivity contribution in [3.63, 3.8) is 0 Å². The smallest absolute Gasteiger partial charge is 0.313 e. The fourth-order valence-corrected chi connectivity index (χ4v) is 2.95. The minimum absolute atomic E-state index is 0.125. The number of carbonyl (C=O) groups excluding carboxylic acids is 2. The van der Waals surface area contributed by atoms with Gasteiger partial charge in [0.2, 0.25) is 0 Å². The van der Waals surface area contributed by atoms with E-state index in [4.69, 9.17) is 9.47 Å². The van der Waals surface area contributed by atoms with Crippen molar-refractivity contribution in [2.75, 3.05) is 18.5 Å². The third-order valence-corrected chi connectivity index (χ3v) is 4.15. The van der Waals surface area contributed by atoms with E-state index in [-0.39, 0.29) is 18.3 Å². The second-order valence-electron chi connectivity index (χ2n) is 5.96. The number of hydrogen-bond donors (Lipinski definition) is 2. The van der Waals surface area contributed by atoms with Crippen molar-refractivity contribution < 1.29 is 27.8 Å². The minimum Gasteiger partial charge on any atom is -0.347 e. The Hall–Kier alpha value is -2.06. The normalized spacial score (nSPS) is 21.8. The second kappa shape index (κ2) is 6.82. The maximum atomic E-state index is 13.5. The largest absolute Gasteiger partial charge is 0.347 e. The summed E-state index contributed by atoms with van der Waals surface area (Å²) in [5.41, 5.74) is -0.262. The first-order valence-corrected chi connectivity index (χ1v) is 7.83. The van der Waals surface area contributed by atoms with E-state index in [1.54, 1.807) is 0 Å². The summed E-state index contributed by atoms with van der Waals surface area (Å²) in [5.74, 6) is -4.21. The first kappa shape index (κ1) is 16.8. The molecule has 1 atom stereocenters. The number of halogens is 2. The first-order valence-electron chi connectivity index (χ1n) is 7.83. The summed E-state index contributed by atoms with van der Waals surface area (Å²) < 4.78 is 37.7. The topological polar surface area (TPSA) is 76.7 Å². The van der Waals surface area contributed by atoms with Gasteiger partial charge in [-0.15, -0.1) is 0 Å². The molecule has 1 saturated heterocycles. The summed E-state index contributed by atoms with van der Waals surface area (Å²) in [5, 5.41) is 4.53. The van der Waals surface area contributed by atoms with E-state index in [1.807, 2.05) is 0 Å². The van der Waals surface area contributed by atoms with Crippen LogP contribution < -0.4 is 10.6 Å². The molecule has 0 bridgehead atoms. The van der Waals surface area contributed by atoms with Crippen LogP contribution >= 0.6 is 0 Å². The molecular formula is C16H18F2N2O4. The number of benzene rings is 1. The molecule has 6 nitrogen and oxygen atoms in total. The average Bonchev–Trinajstić information content (AvgIpc) is 3.18. The summed E-state index contributed by atoms with van der Waals surface area (Å²) in [6.45, 7) is 0.481. The molecule has 8 heteroatoms. The molecule has 1 aromatic rings. The molecule has 0 aromatic heterocycles. The molecule has 24 heavy (non-hydrogen) atoms. The quantitative estimate of drug-likeness (QED) is 0.821.